The second kappa shape index (κ2) is 4.64. The van der Waals surface area contributed by atoms with E-state index in [9.17, 15) is 8.42 Å². The number of hydrogen-bond acceptors (Lipinski definition) is 4. The van der Waals surface area contributed by atoms with E-state index in [1.807, 2.05) is 6.92 Å². The van der Waals surface area contributed by atoms with E-state index in [0.717, 1.165) is 0 Å². The molecule has 17 heavy (non-hydrogen) atoms. The molecule has 5 nitrogen and oxygen atoms in total. The first-order valence-electron chi connectivity index (χ1n) is 5.27. The van der Waals surface area contributed by atoms with E-state index in [0.29, 0.717) is 17.6 Å². The van der Waals surface area contributed by atoms with Gasteiger partial charge in [-0.25, -0.2) is 8.42 Å². The largest absolute Gasteiger partial charge is 0.326 e. The van der Waals surface area contributed by atoms with Crippen LogP contribution in [-0.4, -0.2) is 36.8 Å². The Morgan fingerprint density at radius 3 is 2.71 bits per heavy atom. The van der Waals surface area contributed by atoms with Crippen LogP contribution in [0.5, 0.6) is 0 Å². The first kappa shape index (κ1) is 12.9. The summed E-state index contributed by atoms with van der Waals surface area (Å²) >= 11 is 3.22. The van der Waals surface area contributed by atoms with Crippen LogP contribution >= 0.6 is 15.9 Å². The SMILES string of the molecule is CC1CN(S(=O)(=O)c2cncc(Br)c2)CC1N. The smallest absolute Gasteiger partial charge is 0.244 e. The van der Waals surface area contributed by atoms with Gasteiger partial charge in [-0.15, -0.1) is 0 Å². The number of nitrogens with zero attached hydrogens (tertiary/aromatic N) is 2. The molecule has 0 spiro atoms. The molecular formula is C10H14BrN3O2S. The quantitative estimate of drug-likeness (QED) is 0.875. The summed E-state index contributed by atoms with van der Waals surface area (Å²) in [6.07, 6.45) is 2.91. The van der Waals surface area contributed by atoms with E-state index >= 15 is 0 Å². The van der Waals surface area contributed by atoms with Crippen LogP contribution in [0.2, 0.25) is 0 Å². The summed E-state index contributed by atoms with van der Waals surface area (Å²) in [6, 6.07) is 1.46. The highest BCUT2D eigenvalue weighted by Gasteiger charge is 2.35. The zero-order valence-corrected chi connectivity index (χ0v) is 11.8. The Kier molecular flexibility index (Phi) is 3.53. The van der Waals surface area contributed by atoms with Crippen LogP contribution in [0.4, 0.5) is 0 Å². The van der Waals surface area contributed by atoms with Gasteiger partial charge >= 0.3 is 0 Å². The molecule has 0 bridgehead atoms. The molecule has 0 saturated carbocycles. The Morgan fingerprint density at radius 1 is 1.47 bits per heavy atom. The lowest BCUT2D eigenvalue weighted by Gasteiger charge is -2.15. The van der Waals surface area contributed by atoms with Gasteiger partial charge in [0.2, 0.25) is 10.0 Å². The first-order chi connectivity index (χ1) is 7.91. The molecule has 1 aliphatic rings. The lowest BCUT2D eigenvalue weighted by molar-refractivity contribution is 0.464. The molecular weight excluding hydrogens is 306 g/mol. The molecule has 2 rings (SSSR count). The van der Waals surface area contributed by atoms with E-state index in [1.54, 1.807) is 12.3 Å². The van der Waals surface area contributed by atoms with Gasteiger partial charge in [-0.05, 0) is 27.9 Å². The van der Waals surface area contributed by atoms with Crippen molar-refractivity contribution in [2.45, 2.75) is 17.9 Å². The van der Waals surface area contributed by atoms with Crippen molar-refractivity contribution in [2.24, 2.45) is 11.7 Å². The third-order valence-electron chi connectivity index (χ3n) is 2.95. The van der Waals surface area contributed by atoms with Crippen LogP contribution in [-0.2, 0) is 10.0 Å². The van der Waals surface area contributed by atoms with Crippen molar-refractivity contribution in [1.29, 1.82) is 0 Å². The monoisotopic (exact) mass is 319 g/mol. The van der Waals surface area contributed by atoms with Gasteiger partial charge in [0.25, 0.3) is 0 Å². The average molecular weight is 320 g/mol. The summed E-state index contributed by atoms with van der Waals surface area (Å²) in [5.41, 5.74) is 5.84. The van der Waals surface area contributed by atoms with E-state index in [4.69, 9.17) is 5.73 Å². The normalized spacial score (nSPS) is 26.3. The molecule has 1 aromatic rings. The van der Waals surface area contributed by atoms with Crippen molar-refractivity contribution in [3.63, 3.8) is 0 Å². The number of nitrogens with two attached hydrogens (primary N) is 1. The van der Waals surface area contributed by atoms with Gasteiger partial charge in [0.05, 0.1) is 0 Å². The topological polar surface area (TPSA) is 76.3 Å². The van der Waals surface area contributed by atoms with Crippen LogP contribution in [0.15, 0.2) is 27.8 Å². The molecule has 1 aliphatic heterocycles. The minimum Gasteiger partial charge on any atom is -0.326 e. The zero-order valence-electron chi connectivity index (χ0n) is 9.38. The van der Waals surface area contributed by atoms with Crippen molar-refractivity contribution >= 4 is 26.0 Å². The third kappa shape index (κ3) is 2.52. The van der Waals surface area contributed by atoms with Crippen LogP contribution in [0.1, 0.15) is 6.92 Å². The number of aromatic nitrogens is 1. The van der Waals surface area contributed by atoms with Gasteiger partial charge in [-0.1, -0.05) is 6.92 Å². The fourth-order valence-corrected chi connectivity index (χ4v) is 3.91. The van der Waals surface area contributed by atoms with Gasteiger partial charge in [-0.3, -0.25) is 4.98 Å². The Morgan fingerprint density at radius 2 is 2.18 bits per heavy atom. The van der Waals surface area contributed by atoms with Crippen molar-refractivity contribution in [3.05, 3.63) is 22.9 Å². The van der Waals surface area contributed by atoms with Gasteiger partial charge in [0, 0.05) is 36.0 Å². The summed E-state index contributed by atoms with van der Waals surface area (Å²) in [7, 11) is -3.47. The molecule has 2 unspecified atom stereocenters. The molecule has 0 amide bonds. The number of hydrogen-bond donors (Lipinski definition) is 1. The molecule has 1 saturated heterocycles. The van der Waals surface area contributed by atoms with Crippen molar-refractivity contribution in [3.8, 4) is 0 Å². The van der Waals surface area contributed by atoms with Crippen LogP contribution in [0, 0.1) is 5.92 Å². The third-order valence-corrected chi connectivity index (χ3v) is 5.19. The highest BCUT2D eigenvalue weighted by molar-refractivity contribution is 9.10. The predicted molar refractivity (Wildman–Crippen MR) is 67.8 cm³/mol. The number of rotatable bonds is 2. The molecule has 7 heteroatoms. The lowest BCUT2D eigenvalue weighted by Crippen LogP contribution is -2.32. The number of pyridine rings is 1. The van der Waals surface area contributed by atoms with Gasteiger partial charge in [-0.2, -0.15) is 4.31 Å². The Labute approximate surface area is 109 Å². The number of halogens is 1. The van der Waals surface area contributed by atoms with Gasteiger partial charge in [0.1, 0.15) is 4.90 Å². The maximum Gasteiger partial charge on any atom is 0.244 e. The van der Waals surface area contributed by atoms with Gasteiger partial charge < -0.3 is 5.73 Å². The summed E-state index contributed by atoms with van der Waals surface area (Å²) in [4.78, 5) is 4.08. The average Bonchev–Trinajstić information content (AvgIpc) is 2.60. The van der Waals surface area contributed by atoms with Crippen molar-refractivity contribution in [2.75, 3.05) is 13.1 Å². The molecule has 2 heterocycles. The molecule has 1 fully saturated rings. The molecule has 2 N–H and O–H groups in total. The van der Waals surface area contributed by atoms with Crippen LogP contribution in [0.3, 0.4) is 0 Å². The standard InChI is InChI=1S/C10H14BrN3O2S/c1-7-5-14(6-10(7)12)17(15,16)9-2-8(11)3-13-4-9/h2-4,7,10H,5-6,12H2,1H3. The molecule has 0 aromatic carbocycles. The van der Waals surface area contributed by atoms with Crippen LogP contribution in [0.25, 0.3) is 0 Å². The Hall–Kier alpha value is -0.500. The highest BCUT2D eigenvalue weighted by atomic mass is 79.9. The summed E-state index contributed by atoms with van der Waals surface area (Å²) in [6.45, 7) is 2.80. The fourth-order valence-electron chi connectivity index (χ4n) is 1.82. The van der Waals surface area contributed by atoms with E-state index in [1.165, 1.54) is 10.5 Å². The maximum atomic E-state index is 12.3. The molecule has 0 radical (unpaired) electrons. The first-order valence-corrected chi connectivity index (χ1v) is 7.51. The minimum atomic E-state index is -3.47. The maximum absolute atomic E-state index is 12.3. The summed E-state index contributed by atoms with van der Waals surface area (Å²) in [5, 5.41) is 0. The molecule has 2 atom stereocenters. The number of sulfonamides is 1. The predicted octanol–water partition coefficient (Wildman–Crippen LogP) is 0.812. The van der Waals surface area contributed by atoms with Gasteiger partial charge in [0.15, 0.2) is 0 Å². The summed E-state index contributed by atoms with van der Waals surface area (Å²) in [5.74, 6) is 0.185. The highest BCUT2D eigenvalue weighted by Crippen LogP contribution is 2.24. The zero-order chi connectivity index (χ0) is 12.6. The van der Waals surface area contributed by atoms with E-state index in [2.05, 4.69) is 20.9 Å². The Bertz CT molecular complexity index is 510. The second-order valence-electron chi connectivity index (χ2n) is 4.30. The van der Waals surface area contributed by atoms with Crippen molar-refractivity contribution in [1.82, 2.24) is 9.29 Å². The van der Waals surface area contributed by atoms with E-state index < -0.39 is 10.0 Å². The second-order valence-corrected chi connectivity index (χ2v) is 7.16. The van der Waals surface area contributed by atoms with E-state index in [-0.39, 0.29) is 16.9 Å². The molecule has 0 aliphatic carbocycles. The fraction of sp³-hybridized carbons (Fsp3) is 0.500. The molecule has 1 aromatic heterocycles. The molecule has 94 valence electrons. The summed E-state index contributed by atoms with van der Waals surface area (Å²) < 4.78 is 26.6. The van der Waals surface area contributed by atoms with Crippen LogP contribution < -0.4 is 5.73 Å². The van der Waals surface area contributed by atoms with Crippen molar-refractivity contribution < 1.29 is 8.42 Å². The minimum absolute atomic E-state index is 0.0927. The lowest BCUT2D eigenvalue weighted by atomic mass is 10.1. The Balaban J connectivity index is 2.32.